The Morgan fingerprint density at radius 1 is 1.37 bits per heavy atom. The Morgan fingerprint density at radius 2 is 2.05 bits per heavy atom. The van der Waals surface area contributed by atoms with Crippen LogP contribution in [0.1, 0.15) is 11.1 Å². The van der Waals surface area contributed by atoms with E-state index in [-0.39, 0.29) is 11.2 Å². The summed E-state index contributed by atoms with van der Waals surface area (Å²) in [5.74, 6) is -1.15. The van der Waals surface area contributed by atoms with Crippen LogP contribution in [-0.2, 0) is 16.0 Å². The summed E-state index contributed by atoms with van der Waals surface area (Å²) < 4.78 is 0. The molecular weight excluding hydrogens is 266 g/mol. The van der Waals surface area contributed by atoms with Gasteiger partial charge in [-0.15, -0.1) is 0 Å². The first kappa shape index (κ1) is 13.6. The number of amides is 1. The van der Waals surface area contributed by atoms with Crippen molar-refractivity contribution < 1.29 is 19.8 Å². The molecule has 1 aliphatic heterocycles. The van der Waals surface area contributed by atoms with E-state index in [1.54, 1.807) is 12.1 Å². The van der Waals surface area contributed by atoms with E-state index in [1.807, 2.05) is 12.1 Å². The number of nitrogens with one attached hydrogen (secondary N) is 1. The van der Waals surface area contributed by atoms with Crippen molar-refractivity contribution in [3.63, 3.8) is 0 Å². The lowest BCUT2D eigenvalue weighted by atomic mass is 10.1. The average molecular weight is 279 g/mol. The van der Waals surface area contributed by atoms with Gasteiger partial charge in [-0.3, -0.25) is 4.79 Å². The van der Waals surface area contributed by atoms with Crippen LogP contribution in [0.5, 0.6) is 0 Å². The fourth-order valence-electron chi connectivity index (χ4n) is 1.75. The molecule has 1 fully saturated rings. The standard InChI is InChI=1S/C13H13NO4S/c15-11(16)6-5-8-1-3-9(4-2-8)7-10-12(17)14-13(18)19-10/h1-6,10,13,18H,7H2,(H,14,17)(H,15,16)/b6-5+. The molecule has 3 N–H and O–H groups in total. The third-order valence-corrected chi connectivity index (χ3v) is 3.76. The molecule has 0 radical (unpaired) electrons. The van der Waals surface area contributed by atoms with Gasteiger partial charge in [0.1, 0.15) is 0 Å². The van der Waals surface area contributed by atoms with Crippen LogP contribution in [-0.4, -0.2) is 32.9 Å². The quantitative estimate of drug-likeness (QED) is 0.711. The number of aliphatic hydroxyl groups excluding tert-OH is 1. The number of carboxylic acids is 1. The van der Waals surface area contributed by atoms with Gasteiger partial charge in [-0.25, -0.2) is 4.79 Å². The number of hydrogen-bond donors (Lipinski definition) is 3. The Morgan fingerprint density at radius 3 is 2.58 bits per heavy atom. The predicted octanol–water partition coefficient (Wildman–Crippen LogP) is 0.834. The van der Waals surface area contributed by atoms with Crippen LogP contribution in [0.25, 0.3) is 6.08 Å². The second kappa shape index (κ2) is 5.90. The van der Waals surface area contributed by atoms with Gasteiger partial charge < -0.3 is 15.5 Å². The molecule has 0 spiro atoms. The van der Waals surface area contributed by atoms with Gasteiger partial charge in [0.25, 0.3) is 0 Å². The molecule has 1 aromatic rings. The molecule has 1 heterocycles. The number of carbonyl (C=O) groups excluding carboxylic acids is 1. The number of carboxylic acid groups (broad SMARTS) is 1. The van der Waals surface area contributed by atoms with Crippen LogP contribution >= 0.6 is 11.8 Å². The fourth-order valence-corrected chi connectivity index (χ4v) is 2.73. The van der Waals surface area contributed by atoms with Gasteiger partial charge in [0.2, 0.25) is 5.91 Å². The summed E-state index contributed by atoms with van der Waals surface area (Å²) >= 11 is 1.19. The molecule has 1 saturated heterocycles. The maximum Gasteiger partial charge on any atom is 0.328 e. The maximum atomic E-state index is 11.5. The van der Waals surface area contributed by atoms with E-state index in [9.17, 15) is 14.7 Å². The van der Waals surface area contributed by atoms with Crippen LogP contribution in [0, 0.1) is 0 Å². The molecule has 1 aromatic carbocycles. The highest BCUT2D eigenvalue weighted by molar-refractivity contribution is 8.01. The van der Waals surface area contributed by atoms with E-state index in [0.717, 1.165) is 17.2 Å². The van der Waals surface area contributed by atoms with Gasteiger partial charge in [-0.05, 0) is 23.6 Å². The zero-order valence-corrected chi connectivity index (χ0v) is 10.8. The van der Waals surface area contributed by atoms with Gasteiger partial charge in [0.15, 0.2) is 5.56 Å². The monoisotopic (exact) mass is 279 g/mol. The highest BCUT2D eigenvalue weighted by atomic mass is 32.2. The van der Waals surface area contributed by atoms with Crippen LogP contribution in [0.3, 0.4) is 0 Å². The molecule has 5 nitrogen and oxygen atoms in total. The zero-order valence-electron chi connectivity index (χ0n) is 9.95. The topological polar surface area (TPSA) is 86.6 Å². The molecule has 2 unspecified atom stereocenters. The third-order valence-electron chi connectivity index (χ3n) is 2.67. The van der Waals surface area contributed by atoms with Crippen molar-refractivity contribution in [2.45, 2.75) is 17.2 Å². The number of benzene rings is 1. The van der Waals surface area contributed by atoms with E-state index in [1.165, 1.54) is 17.8 Å². The van der Waals surface area contributed by atoms with Gasteiger partial charge in [-0.1, -0.05) is 36.0 Å². The molecule has 6 heteroatoms. The van der Waals surface area contributed by atoms with Crippen molar-refractivity contribution in [1.29, 1.82) is 0 Å². The summed E-state index contributed by atoms with van der Waals surface area (Å²) in [6.07, 6.45) is 3.12. The lowest BCUT2D eigenvalue weighted by molar-refractivity contribution is -0.131. The molecular formula is C13H13NO4S. The lowest BCUT2D eigenvalue weighted by Crippen LogP contribution is -2.27. The number of aliphatic hydroxyl groups is 1. The van der Waals surface area contributed by atoms with Gasteiger partial charge in [0.05, 0.1) is 5.25 Å². The van der Waals surface area contributed by atoms with E-state index < -0.39 is 11.5 Å². The molecule has 1 amide bonds. The highest BCUT2D eigenvalue weighted by Gasteiger charge is 2.31. The first-order chi connectivity index (χ1) is 9.04. The molecule has 100 valence electrons. The molecule has 19 heavy (non-hydrogen) atoms. The van der Waals surface area contributed by atoms with Crippen molar-refractivity contribution >= 4 is 29.7 Å². The number of thioether (sulfide) groups is 1. The maximum absolute atomic E-state index is 11.5. The van der Waals surface area contributed by atoms with E-state index in [4.69, 9.17) is 5.11 Å². The molecule has 0 aliphatic carbocycles. The smallest absolute Gasteiger partial charge is 0.328 e. The van der Waals surface area contributed by atoms with Crippen LogP contribution in [0.4, 0.5) is 0 Å². The second-order valence-corrected chi connectivity index (χ2v) is 5.39. The van der Waals surface area contributed by atoms with Gasteiger partial charge in [0, 0.05) is 6.08 Å². The first-order valence-electron chi connectivity index (χ1n) is 5.68. The average Bonchev–Trinajstić information content (AvgIpc) is 2.67. The summed E-state index contributed by atoms with van der Waals surface area (Å²) in [6, 6.07) is 7.28. The van der Waals surface area contributed by atoms with Crippen LogP contribution < -0.4 is 5.32 Å². The third kappa shape index (κ3) is 3.84. The summed E-state index contributed by atoms with van der Waals surface area (Å²) in [5.41, 5.74) is 0.930. The number of rotatable bonds is 4. The molecule has 2 atom stereocenters. The fraction of sp³-hybridized carbons (Fsp3) is 0.231. The molecule has 2 rings (SSSR count). The summed E-state index contributed by atoms with van der Waals surface area (Å²) in [6.45, 7) is 0. The Labute approximate surface area is 114 Å². The molecule has 0 saturated carbocycles. The van der Waals surface area contributed by atoms with Crippen molar-refractivity contribution in [2.75, 3.05) is 0 Å². The van der Waals surface area contributed by atoms with Crippen molar-refractivity contribution in [2.24, 2.45) is 0 Å². The zero-order chi connectivity index (χ0) is 13.8. The van der Waals surface area contributed by atoms with Gasteiger partial charge in [-0.2, -0.15) is 0 Å². The van der Waals surface area contributed by atoms with E-state index >= 15 is 0 Å². The first-order valence-corrected chi connectivity index (χ1v) is 6.63. The molecule has 1 aliphatic rings. The van der Waals surface area contributed by atoms with Crippen LogP contribution in [0.15, 0.2) is 30.3 Å². The summed E-state index contributed by atoms with van der Waals surface area (Å²) in [4.78, 5) is 21.8. The van der Waals surface area contributed by atoms with Crippen molar-refractivity contribution in [1.82, 2.24) is 5.32 Å². The summed E-state index contributed by atoms with van der Waals surface area (Å²) in [5, 5.41) is 19.9. The summed E-state index contributed by atoms with van der Waals surface area (Å²) in [7, 11) is 0. The molecule has 0 bridgehead atoms. The second-order valence-electron chi connectivity index (χ2n) is 4.10. The molecule has 0 aromatic heterocycles. The Bertz CT molecular complexity index is 512. The Balaban J connectivity index is 1.99. The highest BCUT2D eigenvalue weighted by Crippen LogP contribution is 2.25. The van der Waals surface area contributed by atoms with Crippen molar-refractivity contribution in [3.8, 4) is 0 Å². The lowest BCUT2D eigenvalue weighted by Gasteiger charge is -2.06. The van der Waals surface area contributed by atoms with E-state index in [2.05, 4.69) is 5.32 Å². The predicted molar refractivity (Wildman–Crippen MR) is 72.3 cm³/mol. The van der Waals surface area contributed by atoms with Crippen molar-refractivity contribution in [3.05, 3.63) is 41.5 Å². The minimum absolute atomic E-state index is 0.160. The Kier molecular flexibility index (Phi) is 4.24. The van der Waals surface area contributed by atoms with E-state index in [0.29, 0.717) is 6.42 Å². The largest absolute Gasteiger partial charge is 0.478 e. The van der Waals surface area contributed by atoms with Crippen LogP contribution in [0.2, 0.25) is 0 Å². The minimum Gasteiger partial charge on any atom is -0.478 e. The SMILES string of the molecule is O=C(O)/C=C/c1ccc(CC2SC(O)NC2=O)cc1. The number of carbonyl (C=O) groups is 2. The minimum atomic E-state index is -0.989. The normalized spacial score (nSPS) is 22.7. The number of aliphatic carboxylic acids is 1. The van der Waals surface area contributed by atoms with Gasteiger partial charge >= 0.3 is 5.97 Å². The number of hydrogen-bond acceptors (Lipinski definition) is 4. The Hall–Kier alpha value is -1.79.